The predicted octanol–water partition coefficient (Wildman–Crippen LogP) is 6.82. The third-order valence-corrected chi connectivity index (χ3v) is 7.27. The summed E-state index contributed by atoms with van der Waals surface area (Å²) in [4.78, 5) is 14.2. The van der Waals surface area contributed by atoms with Crippen LogP contribution in [-0.2, 0) is 6.54 Å². The second kappa shape index (κ2) is 9.06. The highest BCUT2D eigenvalue weighted by molar-refractivity contribution is 6.00. The second-order valence-corrected chi connectivity index (χ2v) is 10.0. The number of rotatable bonds is 5. The van der Waals surface area contributed by atoms with Crippen LogP contribution < -0.4 is 0 Å². The number of aromatic nitrogens is 5. The minimum atomic E-state index is -2.62. The van der Waals surface area contributed by atoms with E-state index in [4.69, 9.17) is 0 Å². The fourth-order valence-electron chi connectivity index (χ4n) is 5.35. The smallest absolute Gasteiger partial charge is 0.261 e. The van der Waals surface area contributed by atoms with E-state index in [9.17, 15) is 13.2 Å². The van der Waals surface area contributed by atoms with Crippen LogP contribution in [0.4, 0.5) is 13.2 Å². The quantitative estimate of drug-likeness (QED) is 0.260. The number of nitrogens with one attached hydrogen (secondary N) is 2. The molecule has 4 aromatic heterocycles. The molecule has 0 bridgehead atoms. The van der Waals surface area contributed by atoms with E-state index in [1.807, 2.05) is 30.3 Å². The number of aromatic amines is 2. The maximum absolute atomic E-state index is 13.6. The Morgan fingerprint density at radius 1 is 0.846 bits per heavy atom. The lowest BCUT2D eigenvalue weighted by atomic mass is 10.0. The standard InChI is InChI=1S/C30H23F3N6/c31-22-4-1-19(2-5-22)28-24-13-27(36-25(24)7-9-35-28)29-23-12-20(3-6-26(23)37-38-29)21-11-18(14-34-15-21)16-39-10-8-30(32,33)17-39/h1-7,9,11-15,36H,8,10,16-17H2,(H,37,38). The summed E-state index contributed by atoms with van der Waals surface area (Å²) in [6, 6.07) is 18.2. The van der Waals surface area contributed by atoms with Gasteiger partial charge in [-0.15, -0.1) is 0 Å². The zero-order valence-electron chi connectivity index (χ0n) is 20.8. The largest absolute Gasteiger partial charge is 0.353 e. The van der Waals surface area contributed by atoms with Crippen molar-refractivity contribution in [1.82, 2.24) is 30.0 Å². The van der Waals surface area contributed by atoms with Gasteiger partial charge in [-0.2, -0.15) is 5.10 Å². The maximum atomic E-state index is 13.6. The van der Waals surface area contributed by atoms with Crippen LogP contribution in [0.1, 0.15) is 12.0 Å². The molecule has 0 radical (unpaired) electrons. The number of halogens is 3. The van der Waals surface area contributed by atoms with E-state index in [1.165, 1.54) is 12.1 Å². The Labute approximate surface area is 221 Å². The van der Waals surface area contributed by atoms with Gasteiger partial charge in [0.2, 0.25) is 0 Å². The van der Waals surface area contributed by atoms with Crippen LogP contribution in [-0.4, -0.2) is 49.1 Å². The lowest BCUT2D eigenvalue weighted by Crippen LogP contribution is -2.24. The van der Waals surface area contributed by atoms with Crippen molar-refractivity contribution in [1.29, 1.82) is 0 Å². The Morgan fingerprint density at radius 3 is 2.49 bits per heavy atom. The van der Waals surface area contributed by atoms with Gasteiger partial charge < -0.3 is 4.98 Å². The van der Waals surface area contributed by atoms with E-state index in [0.717, 1.165) is 61.1 Å². The molecule has 2 aromatic carbocycles. The molecule has 7 rings (SSSR count). The van der Waals surface area contributed by atoms with E-state index >= 15 is 0 Å². The van der Waals surface area contributed by atoms with E-state index in [-0.39, 0.29) is 18.8 Å². The third-order valence-electron chi connectivity index (χ3n) is 7.27. The molecule has 9 heteroatoms. The Kier molecular flexibility index (Phi) is 5.48. The van der Waals surface area contributed by atoms with Gasteiger partial charge in [0.25, 0.3) is 5.92 Å². The number of likely N-dealkylation sites (tertiary alicyclic amines) is 1. The van der Waals surface area contributed by atoms with Crippen molar-refractivity contribution >= 4 is 21.8 Å². The van der Waals surface area contributed by atoms with Crippen LogP contribution in [0.15, 0.2) is 79.3 Å². The van der Waals surface area contributed by atoms with Gasteiger partial charge in [0.05, 0.1) is 23.4 Å². The van der Waals surface area contributed by atoms with Crippen LogP contribution in [0.5, 0.6) is 0 Å². The molecular weight excluding hydrogens is 501 g/mol. The fraction of sp³-hybridized carbons (Fsp3) is 0.167. The van der Waals surface area contributed by atoms with Crippen molar-refractivity contribution < 1.29 is 13.2 Å². The van der Waals surface area contributed by atoms with Gasteiger partial charge in [-0.05, 0) is 65.7 Å². The van der Waals surface area contributed by atoms with Crippen LogP contribution in [0.25, 0.3) is 55.6 Å². The van der Waals surface area contributed by atoms with Crippen molar-refractivity contribution in [3.8, 4) is 33.8 Å². The molecule has 39 heavy (non-hydrogen) atoms. The minimum Gasteiger partial charge on any atom is -0.353 e. The van der Waals surface area contributed by atoms with Gasteiger partial charge in [0, 0.05) is 65.5 Å². The molecule has 0 saturated carbocycles. The molecule has 0 amide bonds. The second-order valence-electron chi connectivity index (χ2n) is 10.0. The number of pyridine rings is 2. The molecule has 194 valence electrons. The summed E-state index contributed by atoms with van der Waals surface area (Å²) in [6.45, 7) is 0.601. The summed E-state index contributed by atoms with van der Waals surface area (Å²) < 4.78 is 40.8. The molecule has 0 aliphatic carbocycles. The molecule has 6 nitrogen and oxygen atoms in total. The summed E-state index contributed by atoms with van der Waals surface area (Å²) in [7, 11) is 0. The van der Waals surface area contributed by atoms with E-state index in [2.05, 4.69) is 31.2 Å². The summed E-state index contributed by atoms with van der Waals surface area (Å²) >= 11 is 0. The van der Waals surface area contributed by atoms with Gasteiger partial charge in [-0.3, -0.25) is 20.0 Å². The SMILES string of the molecule is Fc1ccc(-c2nccc3[nH]c(-c4n[nH]c5ccc(-c6cncc(CN7CCC(F)(F)C7)c6)cc45)cc23)cc1. The normalized spacial score (nSPS) is 15.5. The van der Waals surface area contributed by atoms with E-state index in [1.54, 1.807) is 35.6 Å². The molecule has 5 heterocycles. The maximum Gasteiger partial charge on any atom is 0.261 e. The highest BCUT2D eigenvalue weighted by atomic mass is 19.3. The van der Waals surface area contributed by atoms with Crippen molar-refractivity contribution in [2.45, 2.75) is 18.9 Å². The monoisotopic (exact) mass is 524 g/mol. The molecule has 1 aliphatic heterocycles. The van der Waals surface area contributed by atoms with Crippen LogP contribution in [0.2, 0.25) is 0 Å². The van der Waals surface area contributed by atoms with Gasteiger partial charge in [-0.25, -0.2) is 13.2 Å². The van der Waals surface area contributed by atoms with Gasteiger partial charge >= 0.3 is 0 Å². The first-order valence-corrected chi connectivity index (χ1v) is 12.7. The summed E-state index contributed by atoms with van der Waals surface area (Å²) in [5, 5.41) is 9.54. The Morgan fingerprint density at radius 2 is 1.67 bits per heavy atom. The van der Waals surface area contributed by atoms with Gasteiger partial charge in [0.15, 0.2) is 0 Å². The fourth-order valence-corrected chi connectivity index (χ4v) is 5.35. The topological polar surface area (TPSA) is 73.5 Å². The average Bonchev–Trinajstić information content (AvgIpc) is 3.64. The molecular formula is C30H23F3N6. The molecule has 6 aromatic rings. The minimum absolute atomic E-state index is 0.102. The number of hydrogen-bond acceptors (Lipinski definition) is 4. The van der Waals surface area contributed by atoms with Crippen LogP contribution in [0.3, 0.4) is 0 Å². The number of H-pyrrole nitrogens is 2. The van der Waals surface area contributed by atoms with Gasteiger partial charge in [0.1, 0.15) is 11.5 Å². The highest BCUT2D eigenvalue weighted by Crippen LogP contribution is 2.35. The van der Waals surface area contributed by atoms with Crippen LogP contribution >= 0.6 is 0 Å². The zero-order chi connectivity index (χ0) is 26.6. The average molecular weight is 525 g/mol. The lowest BCUT2D eigenvalue weighted by Gasteiger charge is -2.15. The van der Waals surface area contributed by atoms with E-state index < -0.39 is 5.92 Å². The molecule has 0 unspecified atom stereocenters. The number of alkyl halides is 2. The first-order chi connectivity index (χ1) is 18.9. The van der Waals surface area contributed by atoms with Crippen LogP contribution in [0, 0.1) is 5.82 Å². The number of hydrogen-bond donors (Lipinski definition) is 2. The third kappa shape index (κ3) is 4.44. The van der Waals surface area contributed by atoms with Gasteiger partial charge in [-0.1, -0.05) is 6.07 Å². The number of nitrogens with zero attached hydrogens (tertiary/aromatic N) is 4. The predicted molar refractivity (Wildman–Crippen MR) is 145 cm³/mol. The first kappa shape index (κ1) is 23.6. The molecule has 1 saturated heterocycles. The molecule has 1 fully saturated rings. The Hall–Kier alpha value is -4.50. The molecule has 1 aliphatic rings. The summed E-state index contributed by atoms with van der Waals surface area (Å²) in [5.74, 6) is -2.91. The first-order valence-electron chi connectivity index (χ1n) is 12.7. The summed E-state index contributed by atoms with van der Waals surface area (Å²) in [5.41, 5.74) is 7.71. The zero-order valence-corrected chi connectivity index (χ0v) is 20.8. The number of benzene rings is 2. The van der Waals surface area contributed by atoms with E-state index in [0.29, 0.717) is 13.1 Å². The Balaban J connectivity index is 1.24. The molecule has 2 N–H and O–H groups in total. The highest BCUT2D eigenvalue weighted by Gasteiger charge is 2.37. The molecule has 0 atom stereocenters. The van der Waals surface area contributed by atoms with Crippen molar-refractivity contribution in [2.24, 2.45) is 0 Å². The number of fused-ring (bicyclic) bond motifs is 2. The van der Waals surface area contributed by atoms with Crippen molar-refractivity contribution in [3.05, 3.63) is 90.6 Å². The molecule has 0 spiro atoms. The Bertz CT molecular complexity index is 1820. The van der Waals surface area contributed by atoms with Crippen molar-refractivity contribution in [2.75, 3.05) is 13.1 Å². The summed E-state index contributed by atoms with van der Waals surface area (Å²) in [6.07, 6.45) is 5.15. The lowest BCUT2D eigenvalue weighted by molar-refractivity contribution is 0.0115. The van der Waals surface area contributed by atoms with Crippen molar-refractivity contribution in [3.63, 3.8) is 0 Å².